The van der Waals surface area contributed by atoms with Crippen molar-refractivity contribution in [1.82, 2.24) is 0 Å². The number of esters is 1. The summed E-state index contributed by atoms with van der Waals surface area (Å²) in [7, 11) is 0. The lowest BCUT2D eigenvalue weighted by Crippen LogP contribution is -2.38. The number of ether oxygens (including phenoxy) is 1. The van der Waals surface area contributed by atoms with Crippen LogP contribution in [0.25, 0.3) is 0 Å². The summed E-state index contributed by atoms with van der Waals surface area (Å²) >= 11 is 0. The Morgan fingerprint density at radius 1 is 1.50 bits per heavy atom. The highest BCUT2D eigenvalue weighted by atomic mass is 16.5. The summed E-state index contributed by atoms with van der Waals surface area (Å²) in [5, 5.41) is 9.01. The predicted molar refractivity (Wildman–Crippen MR) is 49.7 cm³/mol. The Balaban J connectivity index is 2.68. The van der Waals surface area contributed by atoms with Crippen molar-refractivity contribution in [2.24, 2.45) is 11.3 Å². The van der Waals surface area contributed by atoms with E-state index in [1.165, 1.54) is 6.92 Å². The number of rotatable bonds is 5. The molecule has 14 heavy (non-hydrogen) atoms. The molecule has 1 N–H and O–H groups in total. The van der Waals surface area contributed by atoms with Gasteiger partial charge in [0.15, 0.2) is 5.41 Å². The average molecular weight is 200 g/mol. The van der Waals surface area contributed by atoms with Gasteiger partial charge in [-0.05, 0) is 26.2 Å². The Labute approximate surface area is 83.2 Å². The van der Waals surface area contributed by atoms with Crippen LogP contribution in [0.5, 0.6) is 0 Å². The molecule has 80 valence electrons. The van der Waals surface area contributed by atoms with Crippen molar-refractivity contribution in [3.63, 3.8) is 0 Å². The molecule has 0 bridgehead atoms. The molecule has 1 unspecified atom stereocenters. The minimum atomic E-state index is -1.35. The predicted octanol–water partition coefficient (Wildman–Crippen LogP) is 1.44. The van der Waals surface area contributed by atoms with Crippen molar-refractivity contribution in [3.05, 3.63) is 0 Å². The lowest BCUT2D eigenvalue weighted by atomic mass is 9.85. The van der Waals surface area contributed by atoms with Gasteiger partial charge in [0.2, 0.25) is 0 Å². The van der Waals surface area contributed by atoms with Crippen molar-refractivity contribution >= 4 is 11.9 Å². The zero-order valence-electron chi connectivity index (χ0n) is 8.58. The van der Waals surface area contributed by atoms with E-state index in [0.717, 1.165) is 12.8 Å². The zero-order valence-corrected chi connectivity index (χ0v) is 8.58. The van der Waals surface area contributed by atoms with Crippen LogP contribution in [0, 0.1) is 11.3 Å². The van der Waals surface area contributed by atoms with E-state index in [4.69, 9.17) is 9.84 Å². The number of hydrogen-bond donors (Lipinski definition) is 1. The second-order valence-corrected chi connectivity index (χ2v) is 4.01. The Bertz CT molecular complexity index is 245. The molecule has 0 amide bonds. The molecule has 0 spiro atoms. The van der Waals surface area contributed by atoms with Crippen LogP contribution in [0.4, 0.5) is 0 Å². The summed E-state index contributed by atoms with van der Waals surface area (Å²) in [5.41, 5.74) is -1.35. The Morgan fingerprint density at radius 2 is 2.07 bits per heavy atom. The van der Waals surface area contributed by atoms with Gasteiger partial charge < -0.3 is 9.84 Å². The number of aliphatic carboxylic acids is 1. The van der Waals surface area contributed by atoms with Gasteiger partial charge in [0.25, 0.3) is 0 Å². The lowest BCUT2D eigenvalue weighted by molar-refractivity contribution is -0.168. The largest absolute Gasteiger partial charge is 0.480 e. The zero-order chi connectivity index (χ0) is 10.8. The van der Waals surface area contributed by atoms with E-state index < -0.39 is 17.4 Å². The van der Waals surface area contributed by atoms with Gasteiger partial charge in [-0.15, -0.1) is 0 Å². The van der Waals surface area contributed by atoms with E-state index in [-0.39, 0.29) is 6.61 Å². The first kappa shape index (κ1) is 11.0. The highest BCUT2D eigenvalue weighted by Crippen LogP contribution is 2.41. The van der Waals surface area contributed by atoms with E-state index in [9.17, 15) is 9.59 Å². The maximum absolute atomic E-state index is 11.5. The van der Waals surface area contributed by atoms with Gasteiger partial charge in [0.1, 0.15) is 0 Å². The summed E-state index contributed by atoms with van der Waals surface area (Å²) in [6, 6.07) is 0. The first-order chi connectivity index (χ1) is 6.50. The van der Waals surface area contributed by atoms with E-state index in [2.05, 4.69) is 0 Å². The first-order valence-corrected chi connectivity index (χ1v) is 4.91. The first-order valence-electron chi connectivity index (χ1n) is 4.91. The molecule has 1 saturated carbocycles. The van der Waals surface area contributed by atoms with E-state index in [1.54, 1.807) is 6.92 Å². The van der Waals surface area contributed by atoms with Crippen LogP contribution in [-0.4, -0.2) is 23.7 Å². The molecule has 0 aliphatic heterocycles. The fraction of sp³-hybridized carbons (Fsp3) is 0.800. The Morgan fingerprint density at radius 3 is 2.43 bits per heavy atom. The number of carboxylic acids is 1. The second-order valence-electron chi connectivity index (χ2n) is 4.01. The average Bonchev–Trinajstić information content (AvgIpc) is 2.88. The molecule has 0 radical (unpaired) electrons. The highest BCUT2D eigenvalue weighted by Gasteiger charge is 2.46. The summed E-state index contributed by atoms with van der Waals surface area (Å²) in [4.78, 5) is 22.5. The van der Waals surface area contributed by atoms with Gasteiger partial charge in [-0.1, -0.05) is 12.8 Å². The number of carbonyl (C=O) groups is 2. The lowest BCUT2D eigenvalue weighted by Gasteiger charge is -2.21. The van der Waals surface area contributed by atoms with Gasteiger partial charge in [-0.3, -0.25) is 9.59 Å². The van der Waals surface area contributed by atoms with Crippen molar-refractivity contribution in [2.45, 2.75) is 33.1 Å². The fourth-order valence-corrected chi connectivity index (χ4v) is 1.45. The molecule has 1 rings (SSSR count). The van der Waals surface area contributed by atoms with Crippen LogP contribution < -0.4 is 0 Å². The molecule has 0 saturated heterocycles. The quantitative estimate of drug-likeness (QED) is 0.538. The summed E-state index contributed by atoms with van der Waals surface area (Å²) in [6.07, 6.45) is 2.46. The van der Waals surface area contributed by atoms with E-state index in [0.29, 0.717) is 12.3 Å². The number of hydrogen-bond acceptors (Lipinski definition) is 3. The SMILES string of the molecule is CCOC(=O)C(C)(CC1CC1)C(=O)O. The van der Waals surface area contributed by atoms with Crippen LogP contribution >= 0.6 is 0 Å². The summed E-state index contributed by atoms with van der Waals surface area (Å²) in [6.45, 7) is 3.36. The molecule has 0 aromatic heterocycles. The van der Waals surface area contributed by atoms with Crippen molar-refractivity contribution in [3.8, 4) is 0 Å². The third kappa shape index (κ3) is 2.25. The molecule has 4 nitrogen and oxygen atoms in total. The highest BCUT2D eigenvalue weighted by molar-refractivity contribution is 5.98. The van der Waals surface area contributed by atoms with E-state index >= 15 is 0 Å². The minimum Gasteiger partial charge on any atom is -0.480 e. The molecule has 1 atom stereocenters. The Kier molecular flexibility index (Phi) is 3.13. The van der Waals surface area contributed by atoms with Crippen molar-refractivity contribution in [2.75, 3.05) is 6.61 Å². The Hall–Kier alpha value is -1.06. The smallest absolute Gasteiger partial charge is 0.323 e. The molecule has 1 aliphatic carbocycles. The van der Waals surface area contributed by atoms with Gasteiger partial charge in [-0.2, -0.15) is 0 Å². The molecule has 1 fully saturated rings. The number of carbonyl (C=O) groups excluding carboxylic acids is 1. The minimum absolute atomic E-state index is 0.229. The normalized spacial score (nSPS) is 19.9. The molecule has 4 heteroatoms. The standard InChI is InChI=1S/C10H16O4/c1-3-14-9(13)10(2,8(11)12)6-7-4-5-7/h7H,3-6H2,1-2H3,(H,11,12). The van der Waals surface area contributed by atoms with Gasteiger partial charge in [0.05, 0.1) is 6.61 Å². The fourth-order valence-electron chi connectivity index (χ4n) is 1.45. The molecular formula is C10H16O4. The maximum Gasteiger partial charge on any atom is 0.323 e. The monoisotopic (exact) mass is 200 g/mol. The summed E-state index contributed by atoms with van der Waals surface area (Å²) < 4.78 is 4.78. The van der Waals surface area contributed by atoms with Crippen molar-refractivity contribution < 1.29 is 19.4 Å². The topological polar surface area (TPSA) is 63.6 Å². The third-order valence-corrected chi connectivity index (χ3v) is 2.59. The van der Waals surface area contributed by atoms with Crippen LogP contribution in [0.1, 0.15) is 33.1 Å². The molecule has 0 aromatic carbocycles. The third-order valence-electron chi connectivity index (χ3n) is 2.59. The van der Waals surface area contributed by atoms with Crippen LogP contribution in [-0.2, 0) is 14.3 Å². The van der Waals surface area contributed by atoms with Gasteiger partial charge in [-0.25, -0.2) is 0 Å². The molecule has 0 heterocycles. The van der Waals surface area contributed by atoms with Crippen molar-refractivity contribution in [1.29, 1.82) is 0 Å². The molecule has 0 aromatic rings. The van der Waals surface area contributed by atoms with Gasteiger partial charge in [0, 0.05) is 0 Å². The van der Waals surface area contributed by atoms with Crippen LogP contribution in [0.15, 0.2) is 0 Å². The maximum atomic E-state index is 11.5. The number of carboxylic acid groups (broad SMARTS) is 1. The van der Waals surface area contributed by atoms with Crippen LogP contribution in [0.3, 0.4) is 0 Å². The molecular weight excluding hydrogens is 184 g/mol. The van der Waals surface area contributed by atoms with E-state index in [1.807, 2.05) is 0 Å². The van der Waals surface area contributed by atoms with Gasteiger partial charge >= 0.3 is 11.9 Å². The summed E-state index contributed by atoms with van der Waals surface area (Å²) in [5.74, 6) is -1.30. The molecule has 1 aliphatic rings. The second kappa shape index (κ2) is 3.98. The van der Waals surface area contributed by atoms with Crippen LogP contribution in [0.2, 0.25) is 0 Å².